The Morgan fingerprint density at radius 1 is 0.871 bits per heavy atom. The molecule has 0 saturated carbocycles. The zero-order valence-corrected chi connectivity index (χ0v) is 22.1. The molecule has 31 heavy (non-hydrogen) atoms. The van der Waals surface area contributed by atoms with Crippen molar-refractivity contribution >= 4 is 49.7 Å². The number of carbonyl (C=O) groups excluding carboxylic acids is 2. The highest BCUT2D eigenvalue weighted by Gasteiger charge is 2.24. The summed E-state index contributed by atoms with van der Waals surface area (Å²) < 4.78 is 4.96. The molecule has 0 bridgehead atoms. The third kappa shape index (κ3) is 7.04. The van der Waals surface area contributed by atoms with Gasteiger partial charge in [-0.1, -0.05) is 80.0 Å². The zero-order valence-electron chi connectivity index (χ0n) is 20.1. The topological polar surface area (TPSA) is 55.4 Å². The van der Waals surface area contributed by atoms with E-state index < -0.39 is 16.1 Å². The first-order valence-corrected chi connectivity index (χ1v) is 17.7. The first kappa shape index (κ1) is 24.8. The average molecular weight is 454 g/mol. The second-order valence-electron chi connectivity index (χ2n) is 9.91. The number of benzene rings is 2. The molecule has 166 valence electrons. The molecule has 0 aliphatic rings. The van der Waals surface area contributed by atoms with Crippen LogP contribution in [-0.2, 0) is 9.53 Å². The van der Waals surface area contributed by atoms with Gasteiger partial charge in [-0.05, 0) is 37.1 Å². The van der Waals surface area contributed by atoms with Crippen LogP contribution in [0.5, 0.6) is 0 Å². The molecule has 0 heterocycles. The van der Waals surface area contributed by atoms with Crippen LogP contribution in [0.4, 0.5) is 5.69 Å². The number of anilines is 1. The van der Waals surface area contributed by atoms with Gasteiger partial charge in [0.25, 0.3) is 5.91 Å². The van der Waals surface area contributed by atoms with Gasteiger partial charge in [-0.15, -0.1) is 0 Å². The van der Waals surface area contributed by atoms with Crippen LogP contribution >= 0.6 is 0 Å². The average Bonchev–Trinajstić information content (AvgIpc) is 2.67. The molecule has 4 nitrogen and oxygen atoms in total. The molecule has 2 rings (SSSR count). The van der Waals surface area contributed by atoms with Gasteiger partial charge >= 0.3 is 5.97 Å². The van der Waals surface area contributed by atoms with E-state index in [1.165, 1.54) is 16.4 Å². The number of carbonyl (C=O) groups is 2. The molecule has 1 amide bonds. The van der Waals surface area contributed by atoms with Crippen LogP contribution in [-0.4, -0.2) is 34.6 Å². The molecule has 0 aromatic heterocycles. The fourth-order valence-electron chi connectivity index (χ4n) is 3.09. The van der Waals surface area contributed by atoms with E-state index in [1.807, 2.05) is 31.2 Å². The van der Waals surface area contributed by atoms with Gasteiger partial charge < -0.3 is 10.1 Å². The highest BCUT2D eigenvalue weighted by atomic mass is 28.3. The standard InChI is InChI=1S/C25H35NO3Si2/c1-9-29-24(27)14-18(2)19-10-12-21(13-11-19)26-25(28)20-15-22(30(3,4)5)17-23(16-20)31(6,7)8/h10-17H,9H2,1-8H3,(H,26,28). The van der Waals surface area contributed by atoms with Crippen LogP contribution in [0.15, 0.2) is 48.5 Å². The molecule has 2 aromatic carbocycles. The van der Waals surface area contributed by atoms with Crippen LogP contribution in [0.1, 0.15) is 29.8 Å². The van der Waals surface area contributed by atoms with Crippen LogP contribution in [0.2, 0.25) is 39.3 Å². The van der Waals surface area contributed by atoms with E-state index in [9.17, 15) is 9.59 Å². The fourth-order valence-corrected chi connectivity index (χ4v) is 5.59. The van der Waals surface area contributed by atoms with E-state index in [-0.39, 0.29) is 11.9 Å². The third-order valence-electron chi connectivity index (χ3n) is 5.15. The second kappa shape index (κ2) is 9.79. The number of amides is 1. The molecule has 0 saturated heterocycles. The van der Waals surface area contributed by atoms with Gasteiger partial charge in [0.15, 0.2) is 0 Å². The number of hydrogen-bond acceptors (Lipinski definition) is 3. The molecule has 6 heteroatoms. The van der Waals surface area contributed by atoms with Crippen molar-refractivity contribution in [2.45, 2.75) is 53.1 Å². The predicted octanol–water partition coefficient (Wildman–Crippen LogP) is 5.00. The lowest BCUT2D eigenvalue weighted by Gasteiger charge is -2.24. The van der Waals surface area contributed by atoms with E-state index in [4.69, 9.17) is 4.74 Å². The van der Waals surface area contributed by atoms with Gasteiger partial charge in [-0.2, -0.15) is 0 Å². The van der Waals surface area contributed by atoms with E-state index >= 15 is 0 Å². The van der Waals surface area contributed by atoms with Gasteiger partial charge in [0.1, 0.15) is 0 Å². The first-order chi connectivity index (χ1) is 14.3. The molecule has 0 radical (unpaired) electrons. The molecule has 0 aliphatic heterocycles. The summed E-state index contributed by atoms with van der Waals surface area (Å²) in [5.41, 5.74) is 3.18. The summed E-state index contributed by atoms with van der Waals surface area (Å²) in [5, 5.41) is 5.65. The smallest absolute Gasteiger partial charge is 0.331 e. The lowest BCUT2D eigenvalue weighted by atomic mass is 10.1. The Morgan fingerprint density at radius 3 is 1.84 bits per heavy atom. The highest BCUT2D eigenvalue weighted by Crippen LogP contribution is 2.18. The van der Waals surface area contributed by atoms with E-state index in [0.717, 1.165) is 22.4 Å². The lowest BCUT2D eigenvalue weighted by molar-refractivity contribution is -0.137. The van der Waals surface area contributed by atoms with Gasteiger partial charge in [0, 0.05) is 17.3 Å². The maximum absolute atomic E-state index is 13.1. The van der Waals surface area contributed by atoms with Gasteiger partial charge in [0.05, 0.1) is 22.8 Å². The summed E-state index contributed by atoms with van der Waals surface area (Å²) >= 11 is 0. The monoisotopic (exact) mass is 453 g/mol. The molecule has 0 fully saturated rings. The van der Waals surface area contributed by atoms with Crippen molar-refractivity contribution in [3.63, 3.8) is 0 Å². The molecule has 0 aliphatic carbocycles. The Hall–Kier alpha value is -2.45. The van der Waals surface area contributed by atoms with Gasteiger partial charge in [0.2, 0.25) is 0 Å². The van der Waals surface area contributed by atoms with Crippen molar-refractivity contribution in [3.05, 3.63) is 59.7 Å². The van der Waals surface area contributed by atoms with Gasteiger partial charge in [-0.25, -0.2) is 4.79 Å². The Morgan fingerprint density at radius 2 is 1.39 bits per heavy atom. The predicted molar refractivity (Wildman–Crippen MR) is 137 cm³/mol. The molecule has 0 atom stereocenters. The summed E-state index contributed by atoms with van der Waals surface area (Å²) in [4.78, 5) is 24.7. The molecule has 0 spiro atoms. The minimum absolute atomic E-state index is 0.0915. The minimum Gasteiger partial charge on any atom is -0.463 e. The molecule has 2 aromatic rings. The maximum Gasteiger partial charge on any atom is 0.331 e. The molecule has 1 N–H and O–H groups in total. The van der Waals surface area contributed by atoms with Crippen molar-refractivity contribution in [1.29, 1.82) is 0 Å². The number of hydrogen-bond donors (Lipinski definition) is 1. The Balaban J connectivity index is 2.26. The van der Waals surface area contributed by atoms with Crippen molar-refractivity contribution in [2.24, 2.45) is 0 Å². The van der Waals surface area contributed by atoms with Crippen molar-refractivity contribution < 1.29 is 14.3 Å². The second-order valence-corrected chi connectivity index (χ2v) is 20.1. The summed E-state index contributed by atoms with van der Waals surface area (Å²) in [6.07, 6.45) is 1.48. The van der Waals surface area contributed by atoms with Crippen LogP contribution < -0.4 is 15.7 Å². The van der Waals surface area contributed by atoms with Crippen LogP contribution in [0.25, 0.3) is 5.57 Å². The van der Waals surface area contributed by atoms with Crippen molar-refractivity contribution in [2.75, 3.05) is 11.9 Å². The Bertz CT molecular complexity index is 949. The van der Waals surface area contributed by atoms with Gasteiger partial charge in [-0.3, -0.25) is 4.79 Å². The largest absolute Gasteiger partial charge is 0.463 e. The maximum atomic E-state index is 13.1. The SMILES string of the molecule is CCOC(=O)C=C(C)c1ccc(NC(=O)c2cc([Si](C)(C)C)cc([Si](C)(C)C)c2)cc1. The van der Waals surface area contributed by atoms with Crippen LogP contribution in [0, 0.1) is 0 Å². The minimum atomic E-state index is -1.55. The van der Waals surface area contributed by atoms with E-state index in [0.29, 0.717) is 6.61 Å². The molecular weight excluding hydrogens is 418 g/mol. The summed E-state index contributed by atoms with van der Waals surface area (Å²) in [6.45, 7) is 17.9. The van der Waals surface area contributed by atoms with E-state index in [1.54, 1.807) is 6.92 Å². The third-order valence-corrected chi connectivity index (χ3v) is 9.19. The van der Waals surface area contributed by atoms with Crippen molar-refractivity contribution in [1.82, 2.24) is 0 Å². The summed E-state index contributed by atoms with van der Waals surface area (Å²) in [6, 6.07) is 14.0. The molecule has 0 unspecified atom stereocenters. The highest BCUT2D eigenvalue weighted by molar-refractivity contribution is 6.91. The zero-order chi connectivity index (χ0) is 23.4. The fraction of sp³-hybridized carbons (Fsp3) is 0.360. The number of ether oxygens (including phenoxy) is 1. The quantitative estimate of drug-likeness (QED) is 0.365. The summed E-state index contributed by atoms with van der Waals surface area (Å²) in [5.74, 6) is -0.441. The summed E-state index contributed by atoms with van der Waals surface area (Å²) in [7, 11) is -3.11. The van der Waals surface area contributed by atoms with Crippen LogP contribution in [0.3, 0.4) is 0 Å². The number of nitrogens with one attached hydrogen (secondary N) is 1. The first-order valence-electron chi connectivity index (χ1n) is 10.7. The Kier molecular flexibility index (Phi) is 7.84. The Labute approximate surface area is 188 Å². The number of allylic oxidation sites excluding steroid dienone is 1. The molecular formula is C25H35NO3Si2. The van der Waals surface area contributed by atoms with Crippen molar-refractivity contribution in [3.8, 4) is 0 Å². The normalized spacial score (nSPS) is 12.5. The lowest BCUT2D eigenvalue weighted by Crippen LogP contribution is -2.46. The van der Waals surface area contributed by atoms with E-state index in [2.05, 4.69) is 62.8 Å². The number of rotatable bonds is 7. The number of esters is 1.